The summed E-state index contributed by atoms with van der Waals surface area (Å²) in [4.78, 5) is 27.8. The molecular weight excluding hydrogens is 336 g/mol. The maximum absolute atomic E-state index is 12.3. The highest BCUT2D eigenvalue weighted by Crippen LogP contribution is 2.19. The minimum absolute atomic E-state index is 0.150. The molecule has 0 radical (unpaired) electrons. The Hall–Kier alpha value is -3.36. The van der Waals surface area contributed by atoms with Crippen LogP contribution in [0.25, 0.3) is 11.2 Å². The van der Waals surface area contributed by atoms with Gasteiger partial charge < -0.3 is 20.2 Å². The van der Waals surface area contributed by atoms with Crippen molar-refractivity contribution >= 4 is 17.0 Å². The summed E-state index contributed by atoms with van der Waals surface area (Å²) >= 11 is 0. The van der Waals surface area contributed by atoms with Crippen molar-refractivity contribution in [1.82, 2.24) is 24.5 Å². The lowest BCUT2D eigenvalue weighted by Gasteiger charge is -2.07. The van der Waals surface area contributed by atoms with Gasteiger partial charge in [-0.1, -0.05) is 18.2 Å². The highest BCUT2D eigenvalue weighted by Gasteiger charge is 2.15. The highest BCUT2D eigenvalue weighted by molar-refractivity contribution is 5.81. The Bertz CT molecular complexity index is 1010. The van der Waals surface area contributed by atoms with E-state index in [1.807, 2.05) is 18.2 Å². The van der Waals surface area contributed by atoms with E-state index in [0.717, 1.165) is 12.0 Å². The summed E-state index contributed by atoms with van der Waals surface area (Å²) < 4.78 is 12.7. The Kier molecular flexibility index (Phi) is 4.26. The average Bonchev–Trinajstić information content (AvgIpc) is 2.95. The van der Waals surface area contributed by atoms with Gasteiger partial charge in [0.25, 0.3) is 0 Å². The fraction of sp³-hybridized carbons (Fsp3) is 0.294. The van der Waals surface area contributed by atoms with Gasteiger partial charge in [0, 0.05) is 12.3 Å². The molecule has 0 aliphatic carbocycles. The topological polar surface area (TPSA) is 121 Å². The fourth-order valence-electron chi connectivity index (χ4n) is 2.70. The molecule has 9 nitrogen and oxygen atoms in total. The Morgan fingerprint density at radius 1 is 1.12 bits per heavy atom. The van der Waals surface area contributed by atoms with Gasteiger partial charge in [0.05, 0.1) is 19.8 Å². The number of hydrogen-bond acceptors (Lipinski definition) is 7. The van der Waals surface area contributed by atoms with Gasteiger partial charge in [0.15, 0.2) is 11.5 Å². The molecule has 0 fully saturated rings. The number of nitrogens with one attached hydrogen (secondary N) is 1. The number of nitrogens with two attached hydrogens (primary N) is 1. The van der Waals surface area contributed by atoms with E-state index in [0.29, 0.717) is 43.2 Å². The molecule has 2 aliphatic heterocycles. The van der Waals surface area contributed by atoms with Crippen molar-refractivity contribution in [3.63, 3.8) is 0 Å². The molecule has 0 spiro atoms. The van der Waals surface area contributed by atoms with Gasteiger partial charge in [-0.2, -0.15) is 9.97 Å². The molecule has 0 unspecified atom stereocenters. The van der Waals surface area contributed by atoms with Gasteiger partial charge in [0.1, 0.15) is 5.52 Å². The van der Waals surface area contributed by atoms with Crippen molar-refractivity contribution in [2.24, 2.45) is 0 Å². The average molecular weight is 354 g/mol. The van der Waals surface area contributed by atoms with E-state index in [-0.39, 0.29) is 17.5 Å². The van der Waals surface area contributed by atoms with Gasteiger partial charge in [-0.15, -0.1) is 0 Å². The largest absolute Gasteiger partial charge is 0.477 e. The van der Waals surface area contributed by atoms with Crippen molar-refractivity contribution in [2.75, 3.05) is 18.9 Å². The number of hydrogen-bond donors (Lipinski definition) is 2. The van der Waals surface area contributed by atoms with Gasteiger partial charge in [0.2, 0.25) is 5.88 Å². The van der Waals surface area contributed by atoms with Crippen molar-refractivity contribution in [1.29, 1.82) is 0 Å². The summed E-state index contributed by atoms with van der Waals surface area (Å²) in [6, 6.07) is 3.80. The zero-order valence-electron chi connectivity index (χ0n) is 14.0. The molecule has 2 aliphatic rings. The van der Waals surface area contributed by atoms with Crippen LogP contribution in [0.2, 0.25) is 0 Å². The summed E-state index contributed by atoms with van der Waals surface area (Å²) in [5.41, 5.74) is 7.27. The molecule has 0 atom stereocenters. The van der Waals surface area contributed by atoms with Gasteiger partial charge >= 0.3 is 11.7 Å². The van der Waals surface area contributed by atoms with Crippen LogP contribution >= 0.6 is 0 Å². The number of pyridine rings is 1. The van der Waals surface area contributed by atoms with E-state index in [2.05, 4.69) is 19.9 Å². The predicted octanol–water partition coefficient (Wildman–Crippen LogP) is 1.25. The first kappa shape index (κ1) is 16.1. The number of ether oxygens (including phenoxy) is 2. The van der Waals surface area contributed by atoms with E-state index in [1.54, 1.807) is 12.3 Å². The monoisotopic (exact) mass is 354 g/mol. The molecule has 134 valence electrons. The van der Waals surface area contributed by atoms with E-state index >= 15 is 0 Å². The van der Waals surface area contributed by atoms with Gasteiger partial charge in [-0.3, -0.25) is 4.57 Å². The number of H-pyrrole nitrogens is 1. The second kappa shape index (κ2) is 6.87. The third-order valence-corrected chi connectivity index (χ3v) is 3.99. The second-order valence-electron chi connectivity index (χ2n) is 5.86. The van der Waals surface area contributed by atoms with Crippen LogP contribution in [-0.4, -0.2) is 37.7 Å². The smallest absolute Gasteiger partial charge is 0.328 e. The summed E-state index contributed by atoms with van der Waals surface area (Å²) in [6.45, 7) is 1.25. The van der Waals surface area contributed by atoms with Crippen LogP contribution in [-0.2, 0) is 6.54 Å². The van der Waals surface area contributed by atoms with Crippen LogP contribution in [0.15, 0.2) is 35.3 Å². The fourth-order valence-corrected chi connectivity index (χ4v) is 2.70. The summed E-state index contributed by atoms with van der Waals surface area (Å²) in [6.07, 6.45) is 7.19. The number of nitrogens with zero attached hydrogens (tertiary/aromatic N) is 4. The molecule has 4 bridgehead atoms. The first-order chi connectivity index (χ1) is 12.7. The van der Waals surface area contributed by atoms with Crippen molar-refractivity contribution in [3.8, 4) is 11.9 Å². The molecule has 0 amide bonds. The zero-order valence-corrected chi connectivity index (χ0v) is 14.0. The molecule has 0 saturated carbocycles. The Labute approximate surface area is 148 Å². The number of nitrogen functional groups attached to an aromatic ring is 1. The Morgan fingerprint density at radius 3 is 2.69 bits per heavy atom. The molecule has 3 aromatic rings. The number of imidazole rings is 1. The van der Waals surface area contributed by atoms with Crippen LogP contribution in [0.3, 0.4) is 0 Å². The number of anilines is 1. The summed E-state index contributed by atoms with van der Waals surface area (Å²) in [5, 5.41) is 0. The van der Waals surface area contributed by atoms with Crippen LogP contribution in [0, 0.1) is 0 Å². The van der Waals surface area contributed by atoms with Crippen LogP contribution < -0.4 is 20.9 Å². The maximum atomic E-state index is 12.3. The third kappa shape index (κ3) is 3.23. The van der Waals surface area contributed by atoms with E-state index in [4.69, 9.17) is 15.2 Å². The van der Waals surface area contributed by atoms with Crippen LogP contribution in [0.1, 0.15) is 18.4 Å². The molecule has 5 heterocycles. The lowest BCUT2D eigenvalue weighted by molar-refractivity contribution is 0.299. The van der Waals surface area contributed by atoms with Crippen LogP contribution in [0.4, 0.5) is 5.82 Å². The van der Waals surface area contributed by atoms with Gasteiger partial charge in [-0.05, 0) is 18.4 Å². The van der Waals surface area contributed by atoms with E-state index < -0.39 is 0 Å². The molecule has 0 aromatic carbocycles. The first-order valence-corrected chi connectivity index (χ1v) is 8.32. The molecule has 3 aromatic heterocycles. The number of aromatic nitrogens is 5. The lowest BCUT2D eigenvalue weighted by Crippen LogP contribution is -2.18. The van der Waals surface area contributed by atoms with Crippen LogP contribution in [0.5, 0.6) is 11.9 Å². The van der Waals surface area contributed by atoms with E-state index in [9.17, 15) is 4.79 Å². The molecule has 3 N–H and O–H groups in total. The first-order valence-electron chi connectivity index (χ1n) is 8.32. The number of aromatic amines is 1. The molecule has 9 heteroatoms. The SMILES string of the molecule is Nc1nc2nc3c1[nH]c(=O)n3Cc1ccc(nc1)OCCC=CCCO2. The Balaban J connectivity index is 1.77. The molecule has 5 rings (SSSR count). The Morgan fingerprint density at radius 2 is 1.92 bits per heavy atom. The zero-order chi connectivity index (χ0) is 17.9. The third-order valence-electron chi connectivity index (χ3n) is 3.99. The van der Waals surface area contributed by atoms with Crippen molar-refractivity contribution < 1.29 is 9.47 Å². The molecular formula is C17H18N6O3. The maximum Gasteiger partial charge on any atom is 0.328 e. The predicted molar refractivity (Wildman–Crippen MR) is 95.3 cm³/mol. The number of fused-ring (bicyclic) bond motifs is 8. The summed E-state index contributed by atoms with van der Waals surface area (Å²) in [5.74, 6) is 0.728. The van der Waals surface area contributed by atoms with E-state index in [1.165, 1.54) is 4.57 Å². The summed E-state index contributed by atoms with van der Waals surface area (Å²) in [7, 11) is 0. The number of rotatable bonds is 0. The normalized spacial score (nSPS) is 14.9. The molecule has 26 heavy (non-hydrogen) atoms. The minimum atomic E-state index is -0.320. The quantitative estimate of drug-likeness (QED) is 0.583. The van der Waals surface area contributed by atoms with Crippen molar-refractivity contribution in [3.05, 3.63) is 46.5 Å². The van der Waals surface area contributed by atoms with Gasteiger partial charge in [-0.25, -0.2) is 9.78 Å². The lowest BCUT2D eigenvalue weighted by atomic mass is 10.3. The standard InChI is InChI=1S/C17H18N6O3/c18-14-13-15-22-16(21-14)26-8-4-2-1-3-7-25-12-6-5-11(9-19-12)10-23(15)17(24)20-13/h1-2,5-6,9H,3-4,7-8,10H2,(H,20,24)(H2,18,21,22). The van der Waals surface area contributed by atoms with Crippen molar-refractivity contribution in [2.45, 2.75) is 19.4 Å². The second-order valence-corrected chi connectivity index (χ2v) is 5.86. The minimum Gasteiger partial charge on any atom is -0.477 e. The highest BCUT2D eigenvalue weighted by atomic mass is 16.5. The molecule has 0 saturated heterocycles.